The number of hydrogen-bond donors (Lipinski definition) is 0. The summed E-state index contributed by atoms with van der Waals surface area (Å²) in [7, 11) is 0. The second kappa shape index (κ2) is 4.95. The first kappa shape index (κ1) is 12.9. The Balaban J connectivity index is 1.86. The molecule has 1 aliphatic rings. The number of fused-ring (bicyclic) bond motifs is 5. The van der Waals surface area contributed by atoms with Crippen molar-refractivity contribution in [1.29, 1.82) is 0 Å². The van der Waals surface area contributed by atoms with E-state index >= 15 is 0 Å². The number of nitrogens with zero attached hydrogens (tertiary/aromatic N) is 2. The van der Waals surface area contributed by atoms with Gasteiger partial charge in [-0.3, -0.25) is 0 Å². The van der Waals surface area contributed by atoms with Crippen LogP contribution in [0.1, 0.15) is 24.0 Å². The van der Waals surface area contributed by atoms with Gasteiger partial charge in [0.25, 0.3) is 0 Å². The van der Waals surface area contributed by atoms with E-state index in [-0.39, 0.29) is 0 Å². The normalized spacial score (nSPS) is 14.3. The minimum atomic E-state index is 1.19. The molecule has 3 aromatic carbocycles. The lowest BCUT2D eigenvalue weighted by Crippen LogP contribution is -2.03. The molecule has 1 aromatic heterocycles. The van der Waals surface area contributed by atoms with Gasteiger partial charge in [-0.2, -0.15) is 0 Å². The summed E-state index contributed by atoms with van der Waals surface area (Å²) < 4.78 is 2.09. The van der Waals surface area contributed by atoms with Crippen LogP contribution in [0.4, 0.5) is 0 Å². The predicted octanol–water partition coefficient (Wildman–Crippen LogP) is 5.06. The molecular weight excluding hydrogens is 280 g/mol. The Morgan fingerprint density at radius 1 is 0.783 bits per heavy atom. The lowest BCUT2D eigenvalue weighted by atomic mass is 9.86. The largest absolute Gasteiger partial charge is 0.306 e. The van der Waals surface area contributed by atoms with Crippen molar-refractivity contribution in [3.8, 4) is 5.69 Å². The van der Waals surface area contributed by atoms with Gasteiger partial charge in [0.2, 0.25) is 0 Å². The first-order chi connectivity index (χ1) is 11.4. The van der Waals surface area contributed by atoms with Crippen LogP contribution in [-0.4, -0.2) is 9.55 Å². The van der Waals surface area contributed by atoms with Crippen LogP contribution in [0.15, 0.2) is 61.2 Å². The smallest absolute Gasteiger partial charge is 0.0991 e. The van der Waals surface area contributed by atoms with Crippen LogP contribution in [0.5, 0.6) is 0 Å². The number of aromatic nitrogens is 2. The summed E-state index contributed by atoms with van der Waals surface area (Å²) in [5.74, 6) is 0. The fourth-order valence-corrected chi connectivity index (χ4v) is 4.04. The van der Waals surface area contributed by atoms with Gasteiger partial charge in [0.1, 0.15) is 0 Å². The molecule has 0 fully saturated rings. The summed E-state index contributed by atoms with van der Waals surface area (Å²) in [6.45, 7) is 0. The molecule has 5 rings (SSSR count). The van der Waals surface area contributed by atoms with Gasteiger partial charge < -0.3 is 4.57 Å². The monoisotopic (exact) mass is 298 g/mol. The summed E-state index contributed by atoms with van der Waals surface area (Å²) in [6.07, 6.45) is 10.8. The van der Waals surface area contributed by atoms with E-state index in [0.717, 1.165) is 0 Å². The van der Waals surface area contributed by atoms with Gasteiger partial charge in [0.15, 0.2) is 0 Å². The maximum Gasteiger partial charge on any atom is 0.0991 e. The first-order valence-corrected chi connectivity index (χ1v) is 8.36. The molecule has 0 radical (unpaired) electrons. The number of rotatable bonds is 1. The van der Waals surface area contributed by atoms with Gasteiger partial charge in [-0.05, 0) is 59.0 Å². The Kier molecular flexibility index (Phi) is 2.77. The Morgan fingerprint density at radius 2 is 1.61 bits per heavy atom. The van der Waals surface area contributed by atoms with Crippen molar-refractivity contribution < 1.29 is 0 Å². The van der Waals surface area contributed by atoms with Crippen molar-refractivity contribution in [2.24, 2.45) is 0 Å². The van der Waals surface area contributed by atoms with Crippen LogP contribution in [-0.2, 0) is 12.8 Å². The van der Waals surface area contributed by atoms with E-state index in [2.05, 4.69) is 52.0 Å². The van der Waals surface area contributed by atoms with Gasteiger partial charge >= 0.3 is 0 Å². The number of aryl methyl sites for hydroxylation is 2. The zero-order chi connectivity index (χ0) is 15.2. The van der Waals surface area contributed by atoms with Crippen LogP contribution < -0.4 is 0 Å². The molecule has 0 spiro atoms. The second-order valence-corrected chi connectivity index (χ2v) is 6.41. The number of hydrogen-bond acceptors (Lipinski definition) is 1. The minimum Gasteiger partial charge on any atom is -0.306 e. The lowest BCUT2D eigenvalue weighted by Gasteiger charge is -2.19. The molecule has 0 bridgehead atoms. The van der Waals surface area contributed by atoms with Gasteiger partial charge in [-0.15, -0.1) is 0 Å². The second-order valence-electron chi connectivity index (χ2n) is 6.41. The molecule has 0 aliphatic heterocycles. The van der Waals surface area contributed by atoms with Crippen molar-refractivity contribution in [3.63, 3.8) is 0 Å². The third-order valence-corrected chi connectivity index (χ3v) is 5.15. The fraction of sp³-hybridized carbons (Fsp3) is 0.190. The van der Waals surface area contributed by atoms with Gasteiger partial charge in [-0.25, -0.2) is 4.98 Å². The van der Waals surface area contributed by atoms with Crippen LogP contribution in [0.2, 0.25) is 0 Å². The molecular formula is C21H18N2. The summed E-state index contributed by atoms with van der Waals surface area (Å²) in [5, 5.41) is 5.44. The molecule has 23 heavy (non-hydrogen) atoms. The molecule has 1 heterocycles. The molecule has 112 valence electrons. The Bertz CT molecular complexity index is 1010. The summed E-state index contributed by atoms with van der Waals surface area (Å²) in [4.78, 5) is 4.19. The van der Waals surface area contributed by atoms with Gasteiger partial charge in [-0.1, -0.05) is 36.4 Å². The minimum absolute atomic E-state index is 1.19. The zero-order valence-corrected chi connectivity index (χ0v) is 13.0. The number of benzene rings is 3. The Labute approximate surface area is 135 Å². The van der Waals surface area contributed by atoms with Crippen molar-refractivity contribution >= 4 is 21.5 Å². The highest BCUT2D eigenvalue weighted by molar-refractivity contribution is 6.11. The molecule has 0 N–H and O–H groups in total. The maximum atomic E-state index is 4.19. The summed E-state index contributed by atoms with van der Waals surface area (Å²) >= 11 is 0. The van der Waals surface area contributed by atoms with Crippen LogP contribution in [0, 0.1) is 0 Å². The van der Waals surface area contributed by atoms with Crippen LogP contribution in [0.25, 0.3) is 27.2 Å². The first-order valence-electron chi connectivity index (χ1n) is 8.36. The SMILES string of the molecule is c1cc(-n2ccnc2)c2ccc3c4c(ccc3c2c1)CCCC4. The average Bonchev–Trinajstić information content (AvgIpc) is 3.15. The van der Waals surface area contributed by atoms with Crippen molar-refractivity contribution in [2.45, 2.75) is 25.7 Å². The third-order valence-electron chi connectivity index (χ3n) is 5.15. The quantitative estimate of drug-likeness (QED) is 0.449. The van der Waals surface area contributed by atoms with E-state index in [0.29, 0.717) is 0 Å². The van der Waals surface area contributed by atoms with Gasteiger partial charge in [0, 0.05) is 17.8 Å². The topological polar surface area (TPSA) is 17.8 Å². The highest BCUT2D eigenvalue weighted by atomic mass is 15.0. The van der Waals surface area contributed by atoms with E-state index in [1.807, 2.05) is 18.7 Å². The van der Waals surface area contributed by atoms with E-state index in [9.17, 15) is 0 Å². The van der Waals surface area contributed by atoms with E-state index < -0.39 is 0 Å². The zero-order valence-electron chi connectivity index (χ0n) is 13.0. The van der Waals surface area contributed by atoms with E-state index in [1.165, 1.54) is 52.9 Å². The highest BCUT2D eigenvalue weighted by Gasteiger charge is 2.14. The van der Waals surface area contributed by atoms with Crippen LogP contribution in [0.3, 0.4) is 0 Å². The van der Waals surface area contributed by atoms with Crippen LogP contribution >= 0.6 is 0 Å². The molecule has 2 heteroatoms. The summed E-state index contributed by atoms with van der Waals surface area (Å²) in [5.41, 5.74) is 4.32. The molecule has 4 aromatic rings. The fourth-order valence-electron chi connectivity index (χ4n) is 4.04. The Hall–Kier alpha value is -2.61. The van der Waals surface area contributed by atoms with Crippen molar-refractivity contribution in [3.05, 3.63) is 72.3 Å². The predicted molar refractivity (Wildman–Crippen MR) is 95.2 cm³/mol. The van der Waals surface area contributed by atoms with Crippen molar-refractivity contribution in [2.75, 3.05) is 0 Å². The van der Waals surface area contributed by atoms with Crippen molar-refractivity contribution in [1.82, 2.24) is 9.55 Å². The lowest BCUT2D eigenvalue weighted by molar-refractivity contribution is 0.690. The molecule has 0 saturated carbocycles. The highest BCUT2D eigenvalue weighted by Crippen LogP contribution is 2.34. The summed E-state index contributed by atoms with van der Waals surface area (Å²) in [6, 6.07) is 15.8. The Morgan fingerprint density at radius 3 is 2.52 bits per heavy atom. The number of imidazole rings is 1. The van der Waals surface area contributed by atoms with E-state index in [1.54, 1.807) is 11.1 Å². The molecule has 2 nitrogen and oxygen atoms in total. The van der Waals surface area contributed by atoms with E-state index in [4.69, 9.17) is 0 Å². The average molecular weight is 298 g/mol. The molecule has 0 atom stereocenters. The molecule has 0 saturated heterocycles. The standard InChI is InChI=1S/C21H18N2/c1-2-5-16-15(4-1)8-9-19-17-6-3-7-21(23-13-12-22-14-23)20(17)11-10-18(16)19/h3,6-14H,1-2,4-5H2. The molecule has 0 amide bonds. The maximum absolute atomic E-state index is 4.19. The van der Waals surface area contributed by atoms with Gasteiger partial charge in [0.05, 0.1) is 12.0 Å². The third kappa shape index (κ3) is 1.91. The molecule has 1 aliphatic carbocycles. The molecule has 0 unspecified atom stereocenters.